The van der Waals surface area contributed by atoms with Crippen LogP contribution < -0.4 is 16.4 Å². The second-order valence-electron chi connectivity index (χ2n) is 6.41. The Labute approximate surface area is 167 Å². The number of nitrogens with one attached hydrogen (secondary N) is 2. The molecule has 0 spiro atoms. The molecule has 3 rings (SSSR count). The zero-order chi connectivity index (χ0) is 20.6. The predicted octanol–water partition coefficient (Wildman–Crippen LogP) is 1.86. The van der Waals surface area contributed by atoms with Gasteiger partial charge in [-0.3, -0.25) is 14.6 Å². The van der Waals surface area contributed by atoms with Gasteiger partial charge < -0.3 is 16.4 Å². The van der Waals surface area contributed by atoms with Gasteiger partial charge in [-0.15, -0.1) is 0 Å². The van der Waals surface area contributed by atoms with Crippen LogP contribution in [-0.2, 0) is 17.8 Å². The van der Waals surface area contributed by atoms with Crippen molar-refractivity contribution in [3.63, 3.8) is 0 Å². The van der Waals surface area contributed by atoms with Crippen molar-refractivity contribution in [1.29, 1.82) is 0 Å². The number of benzene rings is 1. The van der Waals surface area contributed by atoms with Gasteiger partial charge in [-0.2, -0.15) is 0 Å². The number of carbonyl (C=O) groups excluding carboxylic acids is 2. The lowest BCUT2D eigenvalue weighted by molar-refractivity contribution is -0.123. The maximum Gasteiger partial charge on any atom is 0.253 e. The Kier molecular flexibility index (Phi) is 6.47. The first-order valence-electron chi connectivity index (χ1n) is 8.95. The molecule has 0 aliphatic heterocycles. The molecule has 0 fully saturated rings. The minimum absolute atomic E-state index is 0.206. The van der Waals surface area contributed by atoms with Crippen molar-refractivity contribution < 1.29 is 14.0 Å². The number of nitrogens with zero attached hydrogens (tertiary/aromatic N) is 2. The summed E-state index contributed by atoms with van der Waals surface area (Å²) >= 11 is 0. The van der Waals surface area contributed by atoms with Crippen molar-refractivity contribution in [2.45, 2.75) is 19.0 Å². The summed E-state index contributed by atoms with van der Waals surface area (Å²) in [6, 6.07) is 11.6. The molecule has 1 atom stereocenters. The number of rotatable bonds is 7. The summed E-state index contributed by atoms with van der Waals surface area (Å²) in [6.07, 6.45) is 4.75. The first-order chi connectivity index (χ1) is 14.0. The van der Waals surface area contributed by atoms with Crippen molar-refractivity contribution in [1.82, 2.24) is 20.6 Å². The lowest BCUT2D eigenvalue weighted by atomic mass is 10.0. The second kappa shape index (κ2) is 9.41. The van der Waals surface area contributed by atoms with Gasteiger partial charge in [0.25, 0.3) is 5.91 Å². The van der Waals surface area contributed by atoms with Crippen molar-refractivity contribution in [3.05, 3.63) is 89.6 Å². The lowest BCUT2D eigenvalue weighted by Gasteiger charge is -2.19. The number of aromatic nitrogens is 2. The third-order valence-corrected chi connectivity index (χ3v) is 4.21. The predicted molar refractivity (Wildman–Crippen MR) is 106 cm³/mol. The zero-order valence-corrected chi connectivity index (χ0v) is 15.5. The molecular formula is C21H20FN5O2. The third kappa shape index (κ3) is 5.83. The lowest BCUT2D eigenvalue weighted by Crippen LogP contribution is -2.47. The Hall–Kier alpha value is -3.81. The molecule has 29 heavy (non-hydrogen) atoms. The number of pyridine rings is 2. The van der Waals surface area contributed by atoms with E-state index in [4.69, 9.17) is 5.73 Å². The number of carbonyl (C=O) groups is 2. The molecule has 0 aliphatic carbocycles. The summed E-state index contributed by atoms with van der Waals surface area (Å²) in [5, 5.41) is 5.50. The molecule has 2 aromatic heterocycles. The Morgan fingerprint density at radius 3 is 2.45 bits per heavy atom. The van der Waals surface area contributed by atoms with Crippen LogP contribution in [0.5, 0.6) is 0 Å². The minimum Gasteiger partial charge on any atom is -0.384 e. The van der Waals surface area contributed by atoms with Gasteiger partial charge >= 0.3 is 0 Å². The normalized spacial score (nSPS) is 11.5. The Morgan fingerprint density at radius 1 is 1.03 bits per heavy atom. The third-order valence-electron chi connectivity index (χ3n) is 4.21. The summed E-state index contributed by atoms with van der Waals surface area (Å²) in [7, 11) is 0. The van der Waals surface area contributed by atoms with E-state index in [-0.39, 0.29) is 24.7 Å². The largest absolute Gasteiger partial charge is 0.384 e. The molecule has 0 saturated heterocycles. The maximum atomic E-state index is 13.2. The molecule has 0 unspecified atom stereocenters. The molecule has 2 amide bonds. The summed E-state index contributed by atoms with van der Waals surface area (Å²) in [4.78, 5) is 33.2. The van der Waals surface area contributed by atoms with Gasteiger partial charge in [0.2, 0.25) is 5.91 Å². The molecule has 0 aliphatic rings. The standard InChI is InChI=1S/C21H20FN5O2/c22-17-6-3-14(4-7-17)10-18(27-20(28)16-2-1-9-24-13-16)21(29)26-12-15-5-8-19(23)25-11-15/h1-9,11,13,18H,10,12H2,(H2,23,25)(H,26,29)(H,27,28)/t18-/m0/s1. The highest BCUT2D eigenvalue weighted by atomic mass is 19.1. The van der Waals surface area contributed by atoms with Crippen LogP contribution >= 0.6 is 0 Å². The summed E-state index contributed by atoms with van der Waals surface area (Å²) in [5.74, 6) is -0.777. The van der Waals surface area contributed by atoms with E-state index in [2.05, 4.69) is 20.6 Å². The van der Waals surface area contributed by atoms with E-state index < -0.39 is 11.9 Å². The van der Waals surface area contributed by atoms with Gasteiger partial charge in [0.1, 0.15) is 17.7 Å². The number of anilines is 1. The van der Waals surface area contributed by atoms with Gasteiger partial charge in [0.05, 0.1) is 5.56 Å². The Balaban J connectivity index is 1.71. The molecule has 2 heterocycles. The molecule has 3 aromatic rings. The number of nitrogens with two attached hydrogens (primary N) is 1. The highest BCUT2D eigenvalue weighted by Gasteiger charge is 2.22. The van der Waals surface area contributed by atoms with Crippen molar-refractivity contribution in [3.8, 4) is 0 Å². The monoisotopic (exact) mass is 393 g/mol. The van der Waals surface area contributed by atoms with Gasteiger partial charge in [0.15, 0.2) is 0 Å². The molecule has 0 saturated carbocycles. The fourth-order valence-electron chi connectivity index (χ4n) is 2.66. The SMILES string of the molecule is Nc1ccc(CNC(=O)[C@H](Cc2ccc(F)cc2)NC(=O)c2cccnc2)cn1. The number of amides is 2. The molecule has 0 bridgehead atoms. The summed E-state index contributed by atoms with van der Waals surface area (Å²) in [5.41, 5.74) is 7.38. The first-order valence-corrected chi connectivity index (χ1v) is 8.95. The van der Waals surface area contributed by atoms with Crippen LogP contribution in [0.15, 0.2) is 67.1 Å². The number of nitrogen functional groups attached to an aromatic ring is 1. The fraction of sp³-hybridized carbons (Fsp3) is 0.143. The van der Waals surface area contributed by atoms with Gasteiger partial charge in [-0.1, -0.05) is 18.2 Å². The van der Waals surface area contributed by atoms with Gasteiger partial charge in [-0.05, 0) is 41.5 Å². The molecule has 148 valence electrons. The molecule has 0 radical (unpaired) electrons. The van der Waals surface area contributed by atoms with Gasteiger partial charge in [-0.25, -0.2) is 9.37 Å². The van der Waals surface area contributed by atoms with Crippen LogP contribution in [0.1, 0.15) is 21.5 Å². The average Bonchev–Trinajstić information content (AvgIpc) is 2.74. The Bertz CT molecular complexity index is 963. The number of halogens is 1. The molecule has 8 heteroatoms. The van der Waals surface area contributed by atoms with Crippen LogP contribution in [0.3, 0.4) is 0 Å². The fourth-order valence-corrected chi connectivity index (χ4v) is 2.66. The molecule has 7 nitrogen and oxygen atoms in total. The smallest absolute Gasteiger partial charge is 0.253 e. The molecular weight excluding hydrogens is 373 g/mol. The van der Waals surface area contributed by atoms with Crippen LogP contribution in [-0.4, -0.2) is 27.8 Å². The van der Waals surface area contributed by atoms with Crippen molar-refractivity contribution >= 4 is 17.6 Å². The van der Waals surface area contributed by atoms with Crippen LogP contribution in [0.25, 0.3) is 0 Å². The highest BCUT2D eigenvalue weighted by Crippen LogP contribution is 2.08. The van der Waals surface area contributed by atoms with Crippen LogP contribution in [0.4, 0.5) is 10.2 Å². The topological polar surface area (TPSA) is 110 Å². The molecule has 1 aromatic carbocycles. The Morgan fingerprint density at radius 2 is 1.79 bits per heavy atom. The van der Waals surface area contributed by atoms with E-state index in [0.29, 0.717) is 16.9 Å². The van der Waals surface area contributed by atoms with E-state index in [0.717, 1.165) is 5.56 Å². The highest BCUT2D eigenvalue weighted by molar-refractivity contribution is 5.97. The quantitative estimate of drug-likeness (QED) is 0.568. The van der Waals surface area contributed by atoms with Crippen LogP contribution in [0.2, 0.25) is 0 Å². The number of hydrogen-bond acceptors (Lipinski definition) is 5. The van der Waals surface area contributed by atoms with Crippen molar-refractivity contribution in [2.24, 2.45) is 0 Å². The van der Waals surface area contributed by atoms with E-state index >= 15 is 0 Å². The number of hydrogen-bond donors (Lipinski definition) is 3. The van der Waals surface area contributed by atoms with E-state index in [9.17, 15) is 14.0 Å². The second-order valence-corrected chi connectivity index (χ2v) is 6.41. The minimum atomic E-state index is -0.852. The van der Waals surface area contributed by atoms with Gasteiger partial charge in [0, 0.05) is 31.6 Å². The van der Waals surface area contributed by atoms with E-state index in [1.807, 2.05) is 0 Å². The van der Waals surface area contributed by atoms with E-state index in [1.54, 1.807) is 48.8 Å². The molecule has 4 N–H and O–H groups in total. The van der Waals surface area contributed by atoms with Crippen LogP contribution in [0, 0.1) is 5.82 Å². The zero-order valence-electron chi connectivity index (χ0n) is 15.5. The van der Waals surface area contributed by atoms with Crippen molar-refractivity contribution in [2.75, 3.05) is 5.73 Å². The summed E-state index contributed by atoms with van der Waals surface area (Å²) < 4.78 is 13.2. The average molecular weight is 393 g/mol. The summed E-state index contributed by atoms with van der Waals surface area (Å²) in [6.45, 7) is 0.231. The first kappa shape index (κ1) is 19.9. The maximum absolute atomic E-state index is 13.2. The van der Waals surface area contributed by atoms with E-state index in [1.165, 1.54) is 18.3 Å².